The zero-order valence-corrected chi connectivity index (χ0v) is 11.0. The molecule has 0 aromatic carbocycles. The maximum atomic E-state index is 5.73. The summed E-state index contributed by atoms with van der Waals surface area (Å²) in [6.07, 6.45) is 1.72. The average molecular weight is 225 g/mol. The first-order valence-corrected chi connectivity index (χ1v) is 5.81. The minimum absolute atomic E-state index is 0.111. The molecule has 1 rings (SSSR count). The smallest absolute Gasteiger partial charge is 0.123 e. The minimum atomic E-state index is -0.111. The van der Waals surface area contributed by atoms with Crippen LogP contribution in [0.5, 0.6) is 0 Å². The molecule has 0 radical (unpaired) electrons. The van der Waals surface area contributed by atoms with Crippen molar-refractivity contribution in [2.75, 3.05) is 0 Å². The van der Waals surface area contributed by atoms with Gasteiger partial charge in [0.2, 0.25) is 0 Å². The van der Waals surface area contributed by atoms with Crippen LogP contribution < -0.4 is 5.32 Å². The van der Waals surface area contributed by atoms with Crippen molar-refractivity contribution in [3.8, 4) is 0 Å². The Hall–Kier alpha value is -0.800. The molecule has 0 fully saturated rings. The molecule has 1 aromatic rings. The first-order chi connectivity index (χ1) is 7.38. The van der Waals surface area contributed by atoms with Gasteiger partial charge in [0.1, 0.15) is 5.76 Å². The van der Waals surface area contributed by atoms with Gasteiger partial charge in [-0.15, -0.1) is 0 Å². The molecule has 0 spiro atoms. The van der Waals surface area contributed by atoms with Crippen molar-refractivity contribution in [1.82, 2.24) is 5.32 Å². The normalized spacial score (nSPS) is 12.4. The molecule has 92 valence electrons. The third-order valence-corrected chi connectivity index (χ3v) is 2.17. The monoisotopic (exact) mass is 225 g/mol. The van der Waals surface area contributed by atoms with E-state index in [1.54, 1.807) is 6.26 Å². The topological polar surface area (TPSA) is 34.4 Å². The van der Waals surface area contributed by atoms with E-state index in [0.717, 1.165) is 17.9 Å². The van der Waals surface area contributed by atoms with Crippen LogP contribution >= 0.6 is 0 Å². The van der Waals surface area contributed by atoms with Crippen LogP contribution in [0.25, 0.3) is 0 Å². The molecule has 1 N–H and O–H groups in total. The van der Waals surface area contributed by atoms with E-state index in [1.165, 1.54) is 0 Å². The fourth-order valence-corrected chi connectivity index (χ4v) is 1.24. The lowest BCUT2D eigenvalue weighted by atomic mass is 10.2. The van der Waals surface area contributed by atoms with Crippen LogP contribution in [0, 0.1) is 0 Å². The molecule has 3 nitrogen and oxygen atoms in total. The Labute approximate surface area is 98.2 Å². The Bertz CT molecular complexity index is 310. The van der Waals surface area contributed by atoms with E-state index in [9.17, 15) is 0 Å². The highest BCUT2D eigenvalue weighted by Crippen LogP contribution is 2.16. The van der Waals surface area contributed by atoms with Crippen LogP contribution in [-0.4, -0.2) is 11.6 Å². The summed E-state index contributed by atoms with van der Waals surface area (Å²) in [7, 11) is 0. The van der Waals surface area contributed by atoms with Crippen molar-refractivity contribution in [2.24, 2.45) is 0 Å². The van der Waals surface area contributed by atoms with E-state index in [-0.39, 0.29) is 5.60 Å². The Morgan fingerprint density at radius 1 is 1.38 bits per heavy atom. The third kappa shape index (κ3) is 4.81. The molecule has 3 heteroatoms. The summed E-state index contributed by atoms with van der Waals surface area (Å²) < 4.78 is 11.2. The lowest BCUT2D eigenvalue weighted by Gasteiger charge is -2.19. The maximum Gasteiger partial charge on any atom is 0.123 e. The lowest BCUT2D eigenvalue weighted by Crippen LogP contribution is -2.23. The molecule has 0 atom stereocenters. The molecule has 1 heterocycles. The number of furan rings is 1. The van der Waals surface area contributed by atoms with Crippen molar-refractivity contribution >= 4 is 0 Å². The summed E-state index contributed by atoms with van der Waals surface area (Å²) in [5, 5.41) is 3.34. The zero-order chi connectivity index (χ0) is 12.2. The number of hydrogen-bond donors (Lipinski definition) is 1. The van der Waals surface area contributed by atoms with Crippen molar-refractivity contribution in [3.63, 3.8) is 0 Å². The van der Waals surface area contributed by atoms with Gasteiger partial charge < -0.3 is 14.5 Å². The molecular formula is C13H23NO2. The first-order valence-electron chi connectivity index (χ1n) is 5.81. The van der Waals surface area contributed by atoms with Crippen LogP contribution in [0.15, 0.2) is 16.7 Å². The van der Waals surface area contributed by atoms with Gasteiger partial charge in [-0.1, -0.05) is 13.8 Å². The fraction of sp³-hybridized carbons (Fsp3) is 0.692. The number of nitrogens with one attached hydrogen (secondary N) is 1. The van der Waals surface area contributed by atoms with Crippen LogP contribution in [-0.2, 0) is 17.9 Å². The number of ether oxygens (including phenoxy) is 1. The van der Waals surface area contributed by atoms with E-state index in [4.69, 9.17) is 9.15 Å². The van der Waals surface area contributed by atoms with Gasteiger partial charge in [0, 0.05) is 11.6 Å². The van der Waals surface area contributed by atoms with Crippen LogP contribution in [0.2, 0.25) is 0 Å². The second-order valence-electron chi connectivity index (χ2n) is 5.31. The second kappa shape index (κ2) is 5.51. The number of hydrogen-bond acceptors (Lipinski definition) is 3. The summed E-state index contributed by atoms with van der Waals surface area (Å²) in [4.78, 5) is 0. The van der Waals surface area contributed by atoms with Gasteiger partial charge in [-0.25, -0.2) is 0 Å². The van der Waals surface area contributed by atoms with Crippen LogP contribution in [0.3, 0.4) is 0 Å². The molecule has 16 heavy (non-hydrogen) atoms. The van der Waals surface area contributed by atoms with Gasteiger partial charge in [0.15, 0.2) is 0 Å². The third-order valence-electron chi connectivity index (χ3n) is 2.17. The molecule has 0 bridgehead atoms. The first kappa shape index (κ1) is 13.3. The minimum Gasteiger partial charge on any atom is -0.468 e. The molecule has 0 aliphatic heterocycles. The number of rotatable bonds is 5. The van der Waals surface area contributed by atoms with E-state index >= 15 is 0 Å². The summed E-state index contributed by atoms with van der Waals surface area (Å²) >= 11 is 0. The molecule has 1 aromatic heterocycles. The Morgan fingerprint density at radius 3 is 2.62 bits per heavy atom. The van der Waals surface area contributed by atoms with Gasteiger partial charge in [-0.2, -0.15) is 0 Å². The molecule has 0 aliphatic carbocycles. The van der Waals surface area contributed by atoms with Crippen molar-refractivity contribution in [2.45, 2.75) is 59.4 Å². The van der Waals surface area contributed by atoms with E-state index < -0.39 is 0 Å². The largest absolute Gasteiger partial charge is 0.468 e. The molecule has 0 unspecified atom stereocenters. The molecular weight excluding hydrogens is 202 g/mol. The molecule has 0 saturated heterocycles. The molecule has 0 aliphatic rings. The highest BCUT2D eigenvalue weighted by Gasteiger charge is 2.13. The van der Waals surface area contributed by atoms with Gasteiger partial charge >= 0.3 is 0 Å². The average Bonchev–Trinajstić information content (AvgIpc) is 2.57. The van der Waals surface area contributed by atoms with Crippen molar-refractivity contribution in [1.29, 1.82) is 0 Å². The Balaban J connectivity index is 2.50. The van der Waals surface area contributed by atoms with Gasteiger partial charge in [0.05, 0.1) is 25.0 Å². The predicted octanol–water partition coefficient (Wildman–Crippen LogP) is 3.09. The Morgan fingerprint density at radius 2 is 2.06 bits per heavy atom. The van der Waals surface area contributed by atoms with Gasteiger partial charge in [-0.3, -0.25) is 0 Å². The zero-order valence-electron chi connectivity index (χ0n) is 11.0. The summed E-state index contributed by atoms with van der Waals surface area (Å²) in [5.41, 5.74) is 1.02. The summed E-state index contributed by atoms with van der Waals surface area (Å²) in [6.45, 7) is 11.8. The highest BCUT2D eigenvalue weighted by atomic mass is 16.5. The molecule has 0 amide bonds. The van der Waals surface area contributed by atoms with Crippen LogP contribution in [0.4, 0.5) is 0 Å². The van der Waals surface area contributed by atoms with Gasteiger partial charge in [0.25, 0.3) is 0 Å². The SMILES string of the molecule is CC(C)NCc1occc1COC(C)(C)C. The fourth-order valence-electron chi connectivity index (χ4n) is 1.24. The predicted molar refractivity (Wildman–Crippen MR) is 65.2 cm³/mol. The quantitative estimate of drug-likeness (QED) is 0.836. The Kier molecular flexibility index (Phi) is 4.56. The second-order valence-corrected chi connectivity index (χ2v) is 5.31. The maximum absolute atomic E-state index is 5.73. The van der Waals surface area contributed by atoms with Crippen LogP contribution in [0.1, 0.15) is 45.9 Å². The standard InChI is InChI=1S/C13H23NO2/c1-10(2)14-8-12-11(6-7-15-12)9-16-13(3,4)5/h6-7,10,14H,8-9H2,1-5H3. The highest BCUT2D eigenvalue weighted by molar-refractivity contribution is 5.16. The van der Waals surface area contributed by atoms with Gasteiger partial charge in [-0.05, 0) is 26.8 Å². The van der Waals surface area contributed by atoms with E-state index in [0.29, 0.717) is 12.6 Å². The van der Waals surface area contributed by atoms with E-state index in [1.807, 2.05) is 6.07 Å². The van der Waals surface area contributed by atoms with Crippen molar-refractivity contribution in [3.05, 3.63) is 23.7 Å². The lowest BCUT2D eigenvalue weighted by molar-refractivity contribution is -0.0155. The summed E-state index contributed by atoms with van der Waals surface area (Å²) in [6, 6.07) is 2.43. The summed E-state index contributed by atoms with van der Waals surface area (Å²) in [5.74, 6) is 0.970. The van der Waals surface area contributed by atoms with Crippen molar-refractivity contribution < 1.29 is 9.15 Å². The molecule has 0 saturated carbocycles. The van der Waals surface area contributed by atoms with E-state index in [2.05, 4.69) is 39.9 Å².